The molecule has 6 heteroatoms. The van der Waals surface area contributed by atoms with E-state index in [2.05, 4.69) is 19.1 Å². The molecule has 0 aliphatic carbocycles. The van der Waals surface area contributed by atoms with Crippen molar-refractivity contribution in [2.45, 2.75) is 58.8 Å². The van der Waals surface area contributed by atoms with Crippen LogP contribution in [0.4, 0.5) is 0 Å². The van der Waals surface area contributed by atoms with Gasteiger partial charge in [0.1, 0.15) is 5.75 Å². The third-order valence-electron chi connectivity index (χ3n) is 5.35. The molecule has 5 nitrogen and oxygen atoms in total. The second-order valence-corrected chi connectivity index (χ2v) is 7.14. The van der Waals surface area contributed by atoms with Crippen LogP contribution in [0.1, 0.15) is 69.1 Å². The van der Waals surface area contributed by atoms with Crippen LogP contribution in [0.15, 0.2) is 30.3 Å². The monoisotopic (exact) mass is 560 g/mol. The quantitative estimate of drug-likeness (QED) is 0.234. The van der Waals surface area contributed by atoms with Gasteiger partial charge in [0, 0.05) is 12.5 Å². The minimum absolute atomic E-state index is 0. The Morgan fingerprint density at radius 3 is 1.78 bits per heavy atom. The molecule has 182 valence electrons. The minimum atomic E-state index is 0. The molecule has 1 N–H and O–H groups in total. The zero-order valence-corrected chi connectivity index (χ0v) is 23.0. The van der Waals surface area contributed by atoms with Gasteiger partial charge < -0.3 is 24.1 Å². The molecular formula is C26H41IO5. The SMILES string of the molecule is CC.COc1ccc(C(C)c2cc(OC)c(OC)c(OC)c2)cc1CCCCCCO.I. The summed E-state index contributed by atoms with van der Waals surface area (Å²) in [4.78, 5) is 0. The summed E-state index contributed by atoms with van der Waals surface area (Å²) in [6.45, 7) is 6.44. The summed E-state index contributed by atoms with van der Waals surface area (Å²) in [5, 5.41) is 8.93. The topological polar surface area (TPSA) is 57.2 Å². The Morgan fingerprint density at radius 2 is 1.28 bits per heavy atom. The predicted molar refractivity (Wildman–Crippen MR) is 143 cm³/mol. The molecule has 1 unspecified atom stereocenters. The van der Waals surface area contributed by atoms with E-state index in [0.717, 1.165) is 43.4 Å². The summed E-state index contributed by atoms with van der Waals surface area (Å²) in [6, 6.07) is 10.4. The smallest absolute Gasteiger partial charge is 0.203 e. The molecule has 2 rings (SSSR count). The van der Waals surface area contributed by atoms with Crippen molar-refractivity contribution in [1.82, 2.24) is 0 Å². The Hall–Kier alpha value is -1.67. The summed E-state index contributed by atoms with van der Waals surface area (Å²) in [5.41, 5.74) is 3.53. The van der Waals surface area contributed by atoms with Gasteiger partial charge in [-0.2, -0.15) is 0 Å². The zero-order valence-electron chi connectivity index (χ0n) is 20.7. The molecule has 0 saturated heterocycles. The van der Waals surface area contributed by atoms with Gasteiger partial charge in [-0.25, -0.2) is 0 Å². The highest BCUT2D eigenvalue weighted by molar-refractivity contribution is 14.0. The molecule has 0 radical (unpaired) electrons. The highest BCUT2D eigenvalue weighted by Crippen LogP contribution is 2.41. The van der Waals surface area contributed by atoms with Crippen LogP contribution in [-0.4, -0.2) is 40.2 Å². The Labute approximate surface area is 211 Å². The number of rotatable bonds is 12. The fourth-order valence-corrected chi connectivity index (χ4v) is 3.59. The number of aryl methyl sites for hydroxylation is 1. The summed E-state index contributed by atoms with van der Waals surface area (Å²) in [7, 11) is 6.59. The number of benzene rings is 2. The van der Waals surface area contributed by atoms with Crippen molar-refractivity contribution >= 4 is 24.0 Å². The van der Waals surface area contributed by atoms with E-state index in [1.54, 1.807) is 28.4 Å². The van der Waals surface area contributed by atoms with Crippen LogP contribution in [0, 0.1) is 0 Å². The lowest BCUT2D eigenvalue weighted by molar-refractivity contribution is 0.282. The van der Waals surface area contributed by atoms with E-state index < -0.39 is 0 Å². The average Bonchev–Trinajstić information content (AvgIpc) is 2.83. The van der Waals surface area contributed by atoms with E-state index in [-0.39, 0.29) is 36.5 Å². The van der Waals surface area contributed by atoms with Gasteiger partial charge in [0.15, 0.2) is 11.5 Å². The van der Waals surface area contributed by atoms with Gasteiger partial charge in [-0.05, 0) is 54.2 Å². The Morgan fingerprint density at radius 1 is 0.719 bits per heavy atom. The van der Waals surface area contributed by atoms with Crippen LogP contribution in [0.5, 0.6) is 23.0 Å². The molecule has 2 aromatic rings. The lowest BCUT2D eigenvalue weighted by atomic mass is 9.90. The van der Waals surface area contributed by atoms with E-state index in [9.17, 15) is 0 Å². The van der Waals surface area contributed by atoms with E-state index >= 15 is 0 Å². The standard InChI is InChI=1S/C24H34O5.C2H6.HI/c1-17(20-15-22(27-3)24(29-5)23(16-20)28-4)18-11-12-21(26-2)19(14-18)10-8-6-7-9-13-25;1-2;/h11-12,14-17,25H,6-10,13H2,1-5H3;1-2H3;1H. The van der Waals surface area contributed by atoms with Crippen molar-refractivity contribution in [3.63, 3.8) is 0 Å². The molecule has 0 heterocycles. The number of hydrogen-bond donors (Lipinski definition) is 1. The average molecular weight is 561 g/mol. The molecular weight excluding hydrogens is 519 g/mol. The van der Waals surface area contributed by atoms with Gasteiger partial charge in [0.2, 0.25) is 5.75 Å². The summed E-state index contributed by atoms with van der Waals surface area (Å²) < 4.78 is 22.0. The third-order valence-corrected chi connectivity index (χ3v) is 5.35. The maximum atomic E-state index is 8.93. The predicted octanol–water partition coefficient (Wildman–Crippen LogP) is 6.61. The van der Waals surface area contributed by atoms with Crippen LogP contribution in [0.25, 0.3) is 0 Å². The molecule has 32 heavy (non-hydrogen) atoms. The molecule has 0 aromatic heterocycles. The van der Waals surface area contributed by atoms with E-state index in [1.807, 2.05) is 32.0 Å². The van der Waals surface area contributed by atoms with Crippen LogP contribution >= 0.6 is 24.0 Å². The number of methoxy groups -OCH3 is 4. The fourth-order valence-electron chi connectivity index (χ4n) is 3.59. The van der Waals surface area contributed by atoms with Crippen molar-refractivity contribution < 1.29 is 24.1 Å². The second-order valence-electron chi connectivity index (χ2n) is 7.14. The number of ether oxygens (including phenoxy) is 4. The lowest BCUT2D eigenvalue weighted by Crippen LogP contribution is -2.02. The number of unbranched alkanes of at least 4 members (excludes halogenated alkanes) is 3. The van der Waals surface area contributed by atoms with Gasteiger partial charge in [-0.3, -0.25) is 0 Å². The molecule has 0 spiro atoms. The number of hydrogen-bond acceptors (Lipinski definition) is 5. The summed E-state index contributed by atoms with van der Waals surface area (Å²) in [6.07, 6.45) is 5.08. The highest BCUT2D eigenvalue weighted by Gasteiger charge is 2.18. The van der Waals surface area contributed by atoms with Crippen LogP contribution in [0.3, 0.4) is 0 Å². The van der Waals surface area contributed by atoms with Crippen molar-refractivity contribution in [3.8, 4) is 23.0 Å². The Balaban J connectivity index is 0.00000311. The van der Waals surface area contributed by atoms with Crippen molar-refractivity contribution in [1.29, 1.82) is 0 Å². The molecule has 0 amide bonds. The van der Waals surface area contributed by atoms with Crippen molar-refractivity contribution in [2.24, 2.45) is 0 Å². The molecule has 2 aromatic carbocycles. The first-order chi connectivity index (χ1) is 15.1. The van der Waals surface area contributed by atoms with Crippen molar-refractivity contribution in [2.75, 3.05) is 35.0 Å². The van der Waals surface area contributed by atoms with Gasteiger partial charge in [0.25, 0.3) is 0 Å². The molecule has 0 saturated carbocycles. The summed E-state index contributed by atoms with van der Waals surface area (Å²) >= 11 is 0. The Kier molecular flexibility index (Phi) is 16.0. The highest BCUT2D eigenvalue weighted by atomic mass is 127. The maximum Gasteiger partial charge on any atom is 0.203 e. The molecule has 0 aliphatic heterocycles. The Bertz CT molecular complexity index is 754. The van der Waals surface area contributed by atoms with Gasteiger partial charge in [-0.1, -0.05) is 45.7 Å². The van der Waals surface area contributed by atoms with E-state index in [0.29, 0.717) is 17.2 Å². The molecule has 0 aliphatic rings. The second kappa shape index (κ2) is 16.9. The summed E-state index contributed by atoms with van der Waals surface area (Å²) in [5.74, 6) is 3.00. The number of aliphatic hydroxyl groups is 1. The maximum absolute atomic E-state index is 8.93. The van der Waals surface area contributed by atoms with Gasteiger partial charge >= 0.3 is 0 Å². The zero-order chi connectivity index (χ0) is 23.2. The first kappa shape index (κ1) is 30.3. The van der Waals surface area contributed by atoms with Crippen LogP contribution in [0.2, 0.25) is 0 Å². The van der Waals surface area contributed by atoms with Crippen LogP contribution < -0.4 is 18.9 Å². The fraction of sp³-hybridized carbons (Fsp3) is 0.538. The number of aliphatic hydroxyl groups excluding tert-OH is 1. The van der Waals surface area contributed by atoms with Crippen molar-refractivity contribution in [3.05, 3.63) is 47.0 Å². The molecule has 1 atom stereocenters. The first-order valence-electron chi connectivity index (χ1n) is 11.2. The van der Waals surface area contributed by atoms with E-state index in [1.165, 1.54) is 11.1 Å². The molecule has 0 bridgehead atoms. The van der Waals surface area contributed by atoms with E-state index in [4.69, 9.17) is 24.1 Å². The minimum Gasteiger partial charge on any atom is -0.496 e. The largest absolute Gasteiger partial charge is 0.496 e. The number of halogens is 1. The van der Waals surface area contributed by atoms with Crippen LogP contribution in [-0.2, 0) is 6.42 Å². The first-order valence-corrected chi connectivity index (χ1v) is 11.2. The third kappa shape index (κ3) is 8.35. The van der Waals surface area contributed by atoms with Gasteiger partial charge in [0.05, 0.1) is 28.4 Å². The molecule has 0 fully saturated rings. The lowest BCUT2D eigenvalue weighted by Gasteiger charge is -2.19. The van der Waals surface area contributed by atoms with Gasteiger partial charge in [-0.15, -0.1) is 24.0 Å². The normalized spacial score (nSPS) is 10.9.